The minimum absolute atomic E-state index is 0.228. The fourth-order valence-corrected chi connectivity index (χ4v) is 3.60. The average Bonchev–Trinajstić information content (AvgIpc) is 3.32. The first kappa shape index (κ1) is 21.7. The van der Waals surface area contributed by atoms with Crippen LogP contribution in [-0.4, -0.2) is 40.3 Å². The summed E-state index contributed by atoms with van der Waals surface area (Å²) in [5, 5.41) is 15.9. The van der Waals surface area contributed by atoms with Gasteiger partial charge in [-0.05, 0) is 36.7 Å². The summed E-state index contributed by atoms with van der Waals surface area (Å²) < 4.78 is 11.2. The van der Waals surface area contributed by atoms with Gasteiger partial charge in [0.05, 0.1) is 13.2 Å². The highest BCUT2D eigenvalue weighted by atomic mass is 16.5. The van der Waals surface area contributed by atoms with Crippen molar-refractivity contribution in [3.8, 4) is 5.75 Å². The van der Waals surface area contributed by atoms with Crippen molar-refractivity contribution < 1.29 is 14.4 Å². The highest BCUT2D eigenvalue weighted by Crippen LogP contribution is 2.34. The molecule has 0 saturated carbocycles. The normalized spacial score (nSPS) is 11.6. The fourth-order valence-electron chi connectivity index (χ4n) is 3.60. The highest BCUT2D eigenvalue weighted by Gasteiger charge is 2.38. The van der Waals surface area contributed by atoms with E-state index in [2.05, 4.69) is 15.0 Å². The number of benzene rings is 3. The van der Waals surface area contributed by atoms with Crippen LogP contribution in [0.3, 0.4) is 0 Å². The molecule has 0 spiro atoms. The Kier molecular flexibility index (Phi) is 6.94. The van der Waals surface area contributed by atoms with Crippen molar-refractivity contribution in [2.24, 2.45) is 0 Å². The lowest BCUT2D eigenvalue weighted by atomic mass is 9.85. The molecule has 0 bridgehead atoms. The molecule has 0 aliphatic carbocycles. The number of rotatable bonds is 10. The van der Waals surface area contributed by atoms with Gasteiger partial charge in [-0.3, -0.25) is 4.90 Å². The average molecular weight is 430 g/mol. The van der Waals surface area contributed by atoms with Crippen LogP contribution < -0.4 is 4.74 Å². The van der Waals surface area contributed by atoms with Crippen LogP contribution in [0, 0.1) is 0 Å². The Morgan fingerprint density at radius 3 is 2.03 bits per heavy atom. The molecule has 0 aliphatic heterocycles. The lowest BCUT2D eigenvalue weighted by Gasteiger charge is -2.25. The standard InChI is InChI=1S/C26H27N3O3/c1-29(18-11-19-31-23-16-9-4-10-17-23)20-24-27-25(28-32-24)26(30,21-12-5-2-6-13-21)22-14-7-3-8-15-22/h2-10,12-17,30H,11,18-20H2,1H3. The zero-order valence-electron chi connectivity index (χ0n) is 18.1. The molecule has 1 N–H and O–H groups in total. The van der Waals surface area contributed by atoms with Crippen LogP contribution in [0.15, 0.2) is 95.5 Å². The summed E-state index contributed by atoms with van der Waals surface area (Å²) >= 11 is 0. The topological polar surface area (TPSA) is 71.6 Å². The first-order chi connectivity index (χ1) is 15.7. The molecule has 164 valence electrons. The second-order valence-corrected chi connectivity index (χ2v) is 7.71. The summed E-state index contributed by atoms with van der Waals surface area (Å²) in [5.41, 5.74) is -0.123. The van der Waals surface area contributed by atoms with E-state index in [4.69, 9.17) is 9.26 Å². The second-order valence-electron chi connectivity index (χ2n) is 7.71. The minimum Gasteiger partial charge on any atom is -0.494 e. The number of nitrogens with zero attached hydrogens (tertiary/aromatic N) is 3. The Labute approximate surface area is 188 Å². The molecule has 0 unspecified atom stereocenters. The van der Waals surface area contributed by atoms with E-state index in [0.29, 0.717) is 30.2 Å². The Morgan fingerprint density at radius 2 is 1.44 bits per heavy atom. The summed E-state index contributed by atoms with van der Waals surface area (Å²) in [7, 11) is 1.99. The monoisotopic (exact) mass is 429 g/mol. The van der Waals surface area contributed by atoms with E-state index in [1.807, 2.05) is 98.0 Å². The zero-order valence-corrected chi connectivity index (χ0v) is 18.1. The molecule has 4 aromatic rings. The van der Waals surface area contributed by atoms with Gasteiger partial charge in [-0.1, -0.05) is 84.0 Å². The molecule has 0 aliphatic rings. The third-order valence-electron chi connectivity index (χ3n) is 5.28. The SMILES string of the molecule is CN(CCCOc1ccccc1)Cc1nc(C(O)(c2ccccc2)c2ccccc2)no1. The first-order valence-corrected chi connectivity index (χ1v) is 10.7. The van der Waals surface area contributed by atoms with Crippen LogP contribution >= 0.6 is 0 Å². The molecule has 0 amide bonds. The lowest BCUT2D eigenvalue weighted by molar-refractivity contribution is 0.112. The van der Waals surface area contributed by atoms with Gasteiger partial charge in [0.25, 0.3) is 0 Å². The van der Waals surface area contributed by atoms with E-state index in [-0.39, 0.29) is 5.82 Å². The molecule has 3 aromatic carbocycles. The van der Waals surface area contributed by atoms with Gasteiger partial charge >= 0.3 is 0 Å². The summed E-state index contributed by atoms with van der Waals surface area (Å²) in [6.45, 7) is 1.93. The van der Waals surface area contributed by atoms with Gasteiger partial charge in [0.15, 0.2) is 5.60 Å². The third-order valence-corrected chi connectivity index (χ3v) is 5.28. The van der Waals surface area contributed by atoms with Gasteiger partial charge in [0.1, 0.15) is 5.75 Å². The molecule has 0 atom stereocenters. The number of hydrogen-bond donors (Lipinski definition) is 1. The van der Waals surface area contributed by atoms with E-state index >= 15 is 0 Å². The quantitative estimate of drug-likeness (QED) is 0.380. The lowest BCUT2D eigenvalue weighted by Crippen LogP contribution is -2.30. The Morgan fingerprint density at radius 1 is 0.875 bits per heavy atom. The number of aliphatic hydroxyl groups is 1. The van der Waals surface area contributed by atoms with Crippen LogP contribution in [0.5, 0.6) is 5.75 Å². The molecule has 0 radical (unpaired) electrons. The number of hydrogen-bond acceptors (Lipinski definition) is 6. The van der Waals surface area contributed by atoms with Gasteiger partial charge < -0.3 is 14.4 Å². The largest absolute Gasteiger partial charge is 0.494 e. The van der Waals surface area contributed by atoms with Crippen molar-refractivity contribution in [2.75, 3.05) is 20.2 Å². The smallest absolute Gasteiger partial charge is 0.240 e. The minimum atomic E-state index is -1.49. The van der Waals surface area contributed by atoms with E-state index in [1.165, 1.54) is 0 Å². The molecule has 4 rings (SSSR count). The molecule has 0 fully saturated rings. The summed E-state index contributed by atoms with van der Waals surface area (Å²) in [4.78, 5) is 6.64. The second kappa shape index (κ2) is 10.2. The van der Waals surface area contributed by atoms with Crippen LogP contribution in [0.2, 0.25) is 0 Å². The Balaban J connectivity index is 1.42. The van der Waals surface area contributed by atoms with Crippen molar-refractivity contribution in [3.05, 3.63) is 114 Å². The Bertz CT molecular complexity index is 1050. The molecule has 0 saturated heterocycles. The predicted octanol–water partition coefficient (Wildman–Crippen LogP) is 4.25. The molecule has 1 heterocycles. The van der Waals surface area contributed by atoms with Crippen molar-refractivity contribution >= 4 is 0 Å². The van der Waals surface area contributed by atoms with Crippen molar-refractivity contribution in [2.45, 2.75) is 18.6 Å². The molecular formula is C26H27N3O3. The van der Waals surface area contributed by atoms with Crippen LogP contribution in [-0.2, 0) is 12.1 Å². The van der Waals surface area contributed by atoms with Gasteiger partial charge in [-0.15, -0.1) is 0 Å². The van der Waals surface area contributed by atoms with E-state index < -0.39 is 5.60 Å². The van der Waals surface area contributed by atoms with Crippen molar-refractivity contribution in [1.82, 2.24) is 15.0 Å². The molecular weight excluding hydrogens is 402 g/mol. The summed E-state index contributed by atoms with van der Waals surface area (Å²) in [5.74, 6) is 1.56. The molecule has 6 heteroatoms. The molecule has 32 heavy (non-hydrogen) atoms. The third kappa shape index (κ3) is 5.04. The number of ether oxygens (including phenoxy) is 1. The van der Waals surface area contributed by atoms with E-state index in [1.54, 1.807) is 0 Å². The van der Waals surface area contributed by atoms with Crippen molar-refractivity contribution in [1.29, 1.82) is 0 Å². The van der Waals surface area contributed by atoms with Crippen LogP contribution in [0.1, 0.15) is 29.3 Å². The number of para-hydroxylation sites is 1. The Hall–Kier alpha value is -3.48. The molecule has 6 nitrogen and oxygen atoms in total. The maximum absolute atomic E-state index is 11.7. The van der Waals surface area contributed by atoms with Crippen molar-refractivity contribution in [3.63, 3.8) is 0 Å². The van der Waals surface area contributed by atoms with E-state index in [0.717, 1.165) is 18.7 Å². The van der Waals surface area contributed by atoms with Gasteiger partial charge in [0.2, 0.25) is 11.7 Å². The van der Waals surface area contributed by atoms with E-state index in [9.17, 15) is 5.11 Å². The summed E-state index contributed by atoms with van der Waals surface area (Å²) in [6, 6.07) is 28.6. The highest BCUT2D eigenvalue weighted by molar-refractivity contribution is 5.42. The maximum Gasteiger partial charge on any atom is 0.240 e. The van der Waals surface area contributed by atoms with Crippen LogP contribution in [0.25, 0.3) is 0 Å². The van der Waals surface area contributed by atoms with Crippen LogP contribution in [0.4, 0.5) is 0 Å². The molecule has 1 aromatic heterocycles. The maximum atomic E-state index is 11.7. The predicted molar refractivity (Wildman–Crippen MR) is 122 cm³/mol. The zero-order chi connectivity index (χ0) is 22.2. The van der Waals surface area contributed by atoms with Gasteiger partial charge in [-0.2, -0.15) is 4.98 Å². The number of aromatic nitrogens is 2. The summed E-state index contributed by atoms with van der Waals surface area (Å²) in [6.07, 6.45) is 0.865. The van der Waals surface area contributed by atoms with Gasteiger partial charge in [0, 0.05) is 6.54 Å². The first-order valence-electron chi connectivity index (χ1n) is 10.7. The fraction of sp³-hybridized carbons (Fsp3) is 0.231. The van der Waals surface area contributed by atoms with Gasteiger partial charge in [-0.25, -0.2) is 0 Å².